The molecule has 0 aliphatic carbocycles. The number of hydrogen-bond acceptors (Lipinski definition) is 4. The summed E-state index contributed by atoms with van der Waals surface area (Å²) in [7, 11) is 0. The summed E-state index contributed by atoms with van der Waals surface area (Å²) in [6, 6.07) is 3.15. The molecule has 23 heavy (non-hydrogen) atoms. The van der Waals surface area contributed by atoms with Crippen LogP contribution in [0.25, 0.3) is 11.0 Å². The molecule has 0 unspecified atom stereocenters. The molecular formula is C17H21ClNO4+. The van der Waals surface area contributed by atoms with Crippen molar-refractivity contribution >= 4 is 22.6 Å². The van der Waals surface area contributed by atoms with Crippen LogP contribution >= 0.6 is 11.6 Å². The lowest BCUT2D eigenvalue weighted by molar-refractivity contribution is -0.676. The standard InChI is InChI=1S/C17H20ClNO4/c1-2-10-6-15(20)23-17-12(10)7-14(18)16(21)13(17)9-19-8-11-4-3-5-22-11/h6-7,11,19,21H,2-5,8-9H2,1H3/p+1/t11-/m1/s1. The molecule has 0 saturated carbocycles. The summed E-state index contributed by atoms with van der Waals surface area (Å²) in [6.45, 7) is 4.08. The minimum Gasteiger partial charge on any atom is -0.506 e. The number of nitrogens with two attached hydrogens (primary N) is 1. The summed E-state index contributed by atoms with van der Waals surface area (Å²) in [5.41, 5.74) is 1.47. The van der Waals surface area contributed by atoms with Crippen LogP contribution < -0.4 is 10.9 Å². The number of benzene rings is 1. The molecule has 5 nitrogen and oxygen atoms in total. The molecule has 0 radical (unpaired) electrons. The highest BCUT2D eigenvalue weighted by Gasteiger charge is 2.20. The summed E-state index contributed by atoms with van der Waals surface area (Å²) < 4.78 is 11.0. The number of rotatable bonds is 5. The molecular weight excluding hydrogens is 318 g/mol. The van der Waals surface area contributed by atoms with Gasteiger partial charge in [-0.15, -0.1) is 0 Å². The number of halogens is 1. The number of aromatic hydroxyl groups is 1. The van der Waals surface area contributed by atoms with Crippen LogP contribution in [0.15, 0.2) is 21.3 Å². The van der Waals surface area contributed by atoms with Crippen molar-refractivity contribution in [2.75, 3.05) is 13.2 Å². The van der Waals surface area contributed by atoms with E-state index in [9.17, 15) is 9.90 Å². The van der Waals surface area contributed by atoms with Crippen LogP contribution in [0.2, 0.25) is 5.02 Å². The minimum atomic E-state index is -0.406. The van der Waals surface area contributed by atoms with Gasteiger partial charge in [0.05, 0.1) is 10.6 Å². The van der Waals surface area contributed by atoms with Crippen molar-refractivity contribution in [3.63, 3.8) is 0 Å². The molecule has 1 atom stereocenters. The highest BCUT2D eigenvalue weighted by molar-refractivity contribution is 6.33. The molecule has 3 N–H and O–H groups in total. The first-order valence-electron chi connectivity index (χ1n) is 8.00. The lowest BCUT2D eigenvalue weighted by Gasteiger charge is -2.12. The van der Waals surface area contributed by atoms with Crippen LogP contribution in [0, 0.1) is 0 Å². The molecule has 1 aromatic heterocycles. The van der Waals surface area contributed by atoms with Gasteiger partial charge in [-0.3, -0.25) is 0 Å². The Morgan fingerprint density at radius 2 is 2.26 bits per heavy atom. The second kappa shape index (κ2) is 6.91. The lowest BCUT2D eigenvalue weighted by atomic mass is 10.0. The van der Waals surface area contributed by atoms with Crippen LogP contribution in [0.3, 0.4) is 0 Å². The zero-order chi connectivity index (χ0) is 16.4. The van der Waals surface area contributed by atoms with Gasteiger partial charge in [0.25, 0.3) is 0 Å². The van der Waals surface area contributed by atoms with Crippen LogP contribution in [0.1, 0.15) is 30.9 Å². The van der Waals surface area contributed by atoms with E-state index in [1.54, 1.807) is 6.07 Å². The van der Waals surface area contributed by atoms with Gasteiger partial charge in [-0.05, 0) is 30.9 Å². The van der Waals surface area contributed by atoms with E-state index in [0.717, 1.165) is 36.9 Å². The van der Waals surface area contributed by atoms with Crippen molar-refractivity contribution < 1.29 is 19.6 Å². The summed E-state index contributed by atoms with van der Waals surface area (Å²) in [5.74, 6) is -0.0147. The van der Waals surface area contributed by atoms with Gasteiger partial charge in [-0.1, -0.05) is 18.5 Å². The van der Waals surface area contributed by atoms with Gasteiger partial charge in [0.2, 0.25) is 0 Å². The molecule has 0 amide bonds. The van der Waals surface area contributed by atoms with Gasteiger partial charge in [0.15, 0.2) is 5.58 Å². The lowest BCUT2D eigenvalue weighted by Crippen LogP contribution is -2.84. The van der Waals surface area contributed by atoms with E-state index in [0.29, 0.717) is 24.1 Å². The van der Waals surface area contributed by atoms with Crippen LogP contribution in [0.4, 0.5) is 0 Å². The van der Waals surface area contributed by atoms with E-state index in [4.69, 9.17) is 20.8 Å². The summed E-state index contributed by atoms with van der Waals surface area (Å²) in [5, 5.41) is 13.4. The Labute approximate surface area is 139 Å². The molecule has 1 aliphatic heterocycles. The molecule has 2 aromatic rings. The molecule has 6 heteroatoms. The van der Waals surface area contributed by atoms with Crippen LogP contribution in [-0.4, -0.2) is 24.4 Å². The smallest absolute Gasteiger partial charge is 0.336 e. The Bertz CT molecular complexity index is 765. The molecule has 124 valence electrons. The molecule has 1 fully saturated rings. The van der Waals surface area contributed by atoms with Crippen LogP contribution in [-0.2, 0) is 17.7 Å². The maximum Gasteiger partial charge on any atom is 0.336 e. The molecule has 1 aliphatic rings. The first kappa shape index (κ1) is 16.3. The van der Waals surface area contributed by atoms with Crippen molar-refractivity contribution in [3.05, 3.63) is 38.7 Å². The SMILES string of the molecule is CCc1cc(=O)oc2c(C[NH2+]C[C@H]3CCCO3)c(O)c(Cl)cc12. The number of hydrogen-bond donors (Lipinski definition) is 2. The fourth-order valence-corrected chi connectivity index (χ4v) is 3.33. The molecule has 2 heterocycles. The van der Waals surface area contributed by atoms with Crippen LogP contribution in [0.5, 0.6) is 5.75 Å². The topological polar surface area (TPSA) is 76.3 Å². The Morgan fingerprint density at radius 3 is 2.96 bits per heavy atom. The highest BCUT2D eigenvalue weighted by atomic mass is 35.5. The van der Waals surface area contributed by atoms with E-state index in [2.05, 4.69) is 5.32 Å². The zero-order valence-electron chi connectivity index (χ0n) is 13.1. The second-order valence-electron chi connectivity index (χ2n) is 5.87. The van der Waals surface area contributed by atoms with E-state index in [-0.39, 0.29) is 16.9 Å². The number of aryl methyl sites for hydroxylation is 1. The summed E-state index contributed by atoms with van der Waals surface area (Å²) in [6.07, 6.45) is 3.11. The Kier molecular flexibility index (Phi) is 4.90. The normalized spacial score (nSPS) is 17.9. The predicted molar refractivity (Wildman–Crippen MR) is 88.0 cm³/mol. The largest absolute Gasteiger partial charge is 0.506 e. The number of fused-ring (bicyclic) bond motifs is 1. The molecule has 0 spiro atoms. The van der Waals surface area contributed by atoms with Crippen molar-refractivity contribution in [2.45, 2.75) is 38.8 Å². The van der Waals surface area contributed by atoms with Crippen molar-refractivity contribution in [1.29, 1.82) is 0 Å². The third kappa shape index (κ3) is 3.37. The quantitative estimate of drug-likeness (QED) is 0.817. The molecule has 1 aromatic carbocycles. The highest BCUT2D eigenvalue weighted by Crippen LogP contribution is 2.35. The first-order valence-corrected chi connectivity index (χ1v) is 8.38. The fraction of sp³-hybridized carbons (Fsp3) is 0.471. The van der Waals surface area contributed by atoms with Gasteiger partial charge in [-0.25, -0.2) is 4.79 Å². The second-order valence-corrected chi connectivity index (χ2v) is 6.28. The van der Waals surface area contributed by atoms with E-state index < -0.39 is 5.63 Å². The minimum absolute atomic E-state index is 0.0147. The average Bonchev–Trinajstić information content (AvgIpc) is 3.04. The van der Waals surface area contributed by atoms with E-state index in [1.165, 1.54) is 6.07 Å². The van der Waals surface area contributed by atoms with Gasteiger partial charge in [0.1, 0.15) is 24.9 Å². The third-order valence-corrected chi connectivity index (χ3v) is 4.61. The number of phenolic OH excluding ortho intramolecular Hbond substituents is 1. The van der Waals surface area contributed by atoms with Crippen molar-refractivity contribution in [2.24, 2.45) is 0 Å². The maximum atomic E-state index is 11.8. The van der Waals surface area contributed by atoms with Gasteiger partial charge >= 0.3 is 5.63 Å². The summed E-state index contributed by atoms with van der Waals surface area (Å²) >= 11 is 6.16. The molecule has 1 saturated heterocycles. The fourth-order valence-electron chi connectivity index (χ4n) is 3.11. The number of phenols is 1. The maximum absolute atomic E-state index is 11.8. The van der Waals surface area contributed by atoms with E-state index in [1.807, 2.05) is 6.92 Å². The Morgan fingerprint density at radius 1 is 1.43 bits per heavy atom. The Hall–Kier alpha value is -1.56. The average molecular weight is 339 g/mol. The summed E-state index contributed by atoms with van der Waals surface area (Å²) in [4.78, 5) is 11.8. The van der Waals surface area contributed by atoms with Gasteiger partial charge in [0, 0.05) is 18.1 Å². The molecule has 0 bridgehead atoms. The monoisotopic (exact) mass is 338 g/mol. The molecule has 3 rings (SSSR count). The zero-order valence-corrected chi connectivity index (χ0v) is 13.9. The first-order chi connectivity index (χ1) is 11.1. The third-order valence-electron chi connectivity index (χ3n) is 4.33. The Balaban J connectivity index is 1.95. The van der Waals surface area contributed by atoms with Crippen molar-refractivity contribution in [1.82, 2.24) is 0 Å². The van der Waals surface area contributed by atoms with Gasteiger partial charge < -0.3 is 19.6 Å². The number of quaternary nitrogens is 1. The van der Waals surface area contributed by atoms with Crippen molar-refractivity contribution in [3.8, 4) is 5.75 Å². The van der Waals surface area contributed by atoms with E-state index >= 15 is 0 Å². The predicted octanol–water partition coefficient (Wildman–Crippen LogP) is 1.96. The number of ether oxygens (including phenoxy) is 1. The van der Waals surface area contributed by atoms with Gasteiger partial charge in [-0.2, -0.15) is 0 Å².